The predicted molar refractivity (Wildman–Crippen MR) is 115 cm³/mol. The molecule has 2 fully saturated rings. The number of nitrogens with zero attached hydrogens (tertiary/aromatic N) is 3. The Labute approximate surface area is 178 Å². The zero-order valence-electron chi connectivity index (χ0n) is 17.9. The van der Waals surface area contributed by atoms with E-state index in [1.807, 2.05) is 19.2 Å². The molecule has 2 aliphatic heterocycles. The summed E-state index contributed by atoms with van der Waals surface area (Å²) in [7, 11) is 0. The minimum Gasteiger partial charge on any atom is -0.368 e. The zero-order valence-corrected chi connectivity index (χ0v) is 17.9. The van der Waals surface area contributed by atoms with E-state index < -0.39 is 0 Å². The molecule has 158 valence electrons. The molecule has 0 bridgehead atoms. The average Bonchev–Trinajstić information content (AvgIpc) is 2.81. The van der Waals surface area contributed by atoms with Crippen LogP contribution in [-0.4, -0.2) is 40.5 Å². The molecule has 1 aliphatic carbocycles. The minimum absolute atomic E-state index is 0.318. The predicted octanol–water partition coefficient (Wildman–Crippen LogP) is 4.08. The molecule has 1 saturated carbocycles. The minimum atomic E-state index is -0.357. The fourth-order valence-corrected chi connectivity index (χ4v) is 5.79. The van der Waals surface area contributed by atoms with Gasteiger partial charge < -0.3 is 9.64 Å². The van der Waals surface area contributed by atoms with Crippen LogP contribution in [0.4, 0.5) is 0 Å². The van der Waals surface area contributed by atoms with Crippen LogP contribution in [0.3, 0.4) is 0 Å². The van der Waals surface area contributed by atoms with Gasteiger partial charge in [0, 0.05) is 19.3 Å². The number of aryl methyl sites for hydroxylation is 1. The van der Waals surface area contributed by atoms with Crippen LogP contribution in [0, 0.1) is 6.92 Å². The largest absolute Gasteiger partial charge is 0.368 e. The molecule has 1 spiro atoms. The van der Waals surface area contributed by atoms with Gasteiger partial charge in [0.05, 0.1) is 17.7 Å². The lowest BCUT2D eigenvalue weighted by molar-refractivity contribution is -0.148. The van der Waals surface area contributed by atoms with Crippen molar-refractivity contribution in [3.05, 3.63) is 59.2 Å². The van der Waals surface area contributed by atoms with Crippen LogP contribution < -0.4 is 0 Å². The summed E-state index contributed by atoms with van der Waals surface area (Å²) in [5, 5.41) is 0. The monoisotopic (exact) mass is 405 g/mol. The van der Waals surface area contributed by atoms with E-state index in [0.717, 1.165) is 69.6 Å². The molecule has 5 heteroatoms. The zero-order chi connectivity index (χ0) is 20.6. The van der Waals surface area contributed by atoms with Crippen LogP contribution in [0.25, 0.3) is 0 Å². The lowest BCUT2D eigenvalue weighted by atomic mass is 9.68. The van der Waals surface area contributed by atoms with E-state index >= 15 is 0 Å². The molecule has 1 aromatic heterocycles. The summed E-state index contributed by atoms with van der Waals surface area (Å²) in [6.07, 6.45) is 9.88. The second-order valence-corrected chi connectivity index (χ2v) is 9.18. The van der Waals surface area contributed by atoms with Gasteiger partial charge in [-0.2, -0.15) is 0 Å². The normalized spacial score (nSPS) is 22.5. The number of likely N-dealkylation sites (tertiary alicyclic amines) is 1. The summed E-state index contributed by atoms with van der Waals surface area (Å²) in [6, 6.07) is 10.5. The number of rotatable bonds is 2. The number of hydrogen-bond acceptors (Lipinski definition) is 4. The summed E-state index contributed by atoms with van der Waals surface area (Å²) in [5.41, 5.74) is 2.75. The molecule has 0 unspecified atom stereocenters. The van der Waals surface area contributed by atoms with E-state index in [0.29, 0.717) is 12.5 Å². The van der Waals surface area contributed by atoms with Crippen molar-refractivity contribution in [3.8, 4) is 0 Å². The first-order valence-electron chi connectivity index (χ1n) is 11.4. The Bertz CT molecular complexity index is 913. The highest BCUT2D eigenvalue weighted by Gasteiger charge is 2.48. The van der Waals surface area contributed by atoms with Gasteiger partial charge in [-0.3, -0.25) is 4.79 Å². The van der Waals surface area contributed by atoms with E-state index in [1.54, 1.807) is 0 Å². The summed E-state index contributed by atoms with van der Waals surface area (Å²) in [4.78, 5) is 25.2. The van der Waals surface area contributed by atoms with Crippen molar-refractivity contribution >= 4 is 5.91 Å². The first-order chi connectivity index (χ1) is 14.6. The van der Waals surface area contributed by atoms with Crippen molar-refractivity contribution in [1.29, 1.82) is 0 Å². The van der Waals surface area contributed by atoms with Gasteiger partial charge in [-0.15, -0.1) is 0 Å². The molecule has 3 heterocycles. The van der Waals surface area contributed by atoms with Gasteiger partial charge in [-0.25, -0.2) is 9.97 Å². The van der Waals surface area contributed by atoms with Gasteiger partial charge in [0.2, 0.25) is 5.91 Å². The maximum atomic E-state index is 13.9. The van der Waals surface area contributed by atoms with E-state index in [4.69, 9.17) is 9.72 Å². The molecule has 3 aliphatic rings. The average molecular weight is 406 g/mol. The number of carbonyl (C=O) groups excluding carboxylic acids is 1. The Kier molecular flexibility index (Phi) is 5.10. The standard InChI is InChI=1S/C25H31N3O2/c1-19-26-18-20-10-17-30-25(22(20)27-19)13-15-28(16-14-25)23(29)24(11-6-3-7-12-24)21-8-4-2-5-9-21/h2,4-5,8-9,18H,3,6-7,10-17H2,1H3. The molecule has 1 saturated heterocycles. The third kappa shape index (κ3) is 3.24. The van der Waals surface area contributed by atoms with Gasteiger partial charge >= 0.3 is 0 Å². The molecule has 0 radical (unpaired) electrons. The van der Waals surface area contributed by atoms with Crippen LogP contribution in [0.2, 0.25) is 0 Å². The van der Waals surface area contributed by atoms with Crippen molar-refractivity contribution in [1.82, 2.24) is 14.9 Å². The van der Waals surface area contributed by atoms with Crippen molar-refractivity contribution in [3.63, 3.8) is 0 Å². The Hall–Kier alpha value is -2.27. The highest BCUT2D eigenvalue weighted by molar-refractivity contribution is 5.88. The number of piperidine rings is 1. The smallest absolute Gasteiger partial charge is 0.233 e. The van der Waals surface area contributed by atoms with Gasteiger partial charge in [-0.1, -0.05) is 49.6 Å². The van der Waals surface area contributed by atoms with Crippen LogP contribution in [0.15, 0.2) is 36.5 Å². The topological polar surface area (TPSA) is 55.3 Å². The van der Waals surface area contributed by atoms with Gasteiger partial charge in [-0.05, 0) is 50.2 Å². The van der Waals surface area contributed by atoms with Crippen LogP contribution in [0.1, 0.15) is 67.6 Å². The molecular formula is C25H31N3O2. The highest BCUT2D eigenvalue weighted by atomic mass is 16.5. The first kappa shape index (κ1) is 19.7. The summed E-state index contributed by atoms with van der Waals surface area (Å²) in [5.74, 6) is 1.11. The molecule has 5 rings (SSSR count). The number of fused-ring (bicyclic) bond motifs is 2. The number of benzene rings is 1. The van der Waals surface area contributed by atoms with Crippen molar-refractivity contribution in [2.24, 2.45) is 0 Å². The lowest BCUT2D eigenvalue weighted by Gasteiger charge is -2.47. The Morgan fingerprint density at radius 3 is 2.50 bits per heavy atom. The van der Waals surface area contributed by atoms with E-state index in [9.17, 15) is 4.79 Å². The highest BCUT2D eigenvalue weighted by Crippen LogP contribution is 2.44. The lowest BCUT2D eigenvalue weighted by Crippen LogP contribution is -2.54. The fraction of sp³-hybridized carbons (Fsp3) is 0.560. The van der Waals surface area contributed by atoms with Gasteiger partial charge in [0.1, 0.15) is 11.4 Å². The maximum absolute atomic E-state index is 13.9. The number of hydrogen-bond donors (Lipinski definition) is 0. The molecule has 30 heavy (non-hydrogen) atoms. The second kappa shape index (κ2) is 7.77. The number of aromatic nitrogens is 2. The van der Waals surface area contributed by atoms with Crippen molar-refractivity contribution in [2.45, 2.75) is 69.3 Å². The first-order valence-corrected chi connectivity index (χ1v) is 11.4. The third-order valence-corrected chi connectivity index (χ3v) is 7.47. The Morgan fingerprint density at radius 2 is 1.77 bits per heavy atom. The summed E-state index contributed by atoms with van der Waals surface area (Å²) >= 11 is 0. The summed E-state index contributed by atoms with van der Waals surface area (Å²) < 4.78 is 6.34. The van der Waals surface area contributed by atoms with Crippen LogP contribution in [0.5, 0.6) is 0 Å². The number of amides is 1. The molecular weight excluding hydrogens is 374 g/mol. The molecule has 1 amide bonds. The van der Waals surface area contributed by atoms with Gasteiger partial charge in [0.25, 0.3) is 0 Å². The molecule has 1 aromatic carbocycles. The van der Waals surface area contributed by atoms with E-state index in [-0.39, 0.29) is 11.0 Å². The molecule has 5 nitrogen and oxygen atoms in total. The quantitative estimate of drug-likeness (QED) is 0.756. The SMILES string of the molecule is Cc1ncc2c(n1)C1(CCN(C(=O)C3(c4ccccc4)CCCCC3)CC1)OCC2. The molecule has 0 N–H and O–H groups in total. The summed E-state index contributed by atoms with van der Waals surface area (Å²) in [6.45, 7) is 4.11. The number of ether oxygens (including phenoxy) is 1. The van der Waals surface area contributed by atoms with Crippen LogP contribution >= 0.6 is 0 Å². The van der Waals surface area contributed by atoms with E-state index in [2.05, 4.69) is 34.1 Å². The van der Waals surface area contributed by atoms with Crippen molar-refractivity contribution in [2.75, 3.05) is 19.7 Å². The Morgan fingerprint density at radius 1 is 1.03 bits per heavy atom. The Balaban J connectivity index is 1.39. The fourth-order valence-electron chi connectivity index (χ4n) is 5.79. The third-order valence-electron chi connectivity index (χ3n) is 7.47. The van der Waals surface area contributed by atoms with Crippen molar-refractivity contribution < 1.29 is 9.53 Å². The second-order valence-electron chi connectivity index (χ2n) is 9.18. The molecule has 2 aromatic rings. The van der Waals surface area contributed by atoms with Gasteiger partial charge in [0.15, 0.2) is 0 Å². The van der Waals surface area contributed by atoms with Crippen LogP contribution in [-0.2, 0) is 27.0 Å². The van der Waals surface area contributed by atoms with E-state index in [1.165, 1.54) is 17.5 Å². The maximum Gasteiger partial charge on any atom is 0.233 e. The number of carbonyl (C=O) groups is 1. The molecule has 0 atom stereocenters.